The number of aliphatic hydroxyl groups is 1. The predicted octanol–water partition coefficient (Wildman–Crippen LogP) is 4.12. The van der Waals surface area contributed by atoms with E-state index >= 15 is 0 Å². The highest BCUT2D eigenvalue weighted by molar-refractivity contribution is 7.39. The Bertz CT molecular complexity index is 805. The lowest BCUT2D eigenvalue weighted by atomic mass is 9.91. The summed E-state index contributed by atoms with van der Waals surface area (Å²) in [5.74, 6) is 0. The molecule has 0 aliphatic rings. The molecule has 0 heterocycles. The second kappa shape index (κ2) is 11.9. The van der Waals surface area contributed by atoms with E-state index in [9.17, 15) is 18.3 Å². The summed E-state index contributed by atoms with van der Waals surface area (Å²) in [6, 6.07) is 14.1. The van der Waals surface area contributed by atoms with Crippen LogP contribution in [-0.2, 0) is 30.0 Å². The van der Waals surface area contributed by atoms with Gasteiger partial charge in [-0.15, -0.1) is 0 Å². The second-order valence-electron chi connectivity index (χ2n) is 7.73. The number of hydrogen-bond acceptors (Lipinski definition) is 5. The quantitative estimate of drug-likeness (QED) is 0.283. The van der Waals surface area contributed by atoms with Gasteiger partial charge in [-0.3, -0.25) is 0 Å². The van der Waals surface area contributed by atoms with Crippen LogP contribution in [0.5, 0.6) is 0 Å². The zero-order valence-electron chi connectivity index (χ0n) is 17.2. The number of halogens is 3. The van der Waals surface area contributed by atoms with Gasteiger partial charge in [-0.2, -0.15) is 13.2 Å². The van der Waals surface area contributed by atoms with Gasteiger partial charge in [0.25, 0.3) is 0 Å². The molecular weight excluding hydrogens is 430 g/mol. The maximum Gasteiger partial charge on any atom is 0.416 e. The first-order chi connectivity index (χ1) is 14.6. The first-order valence-electron chi connectivity index (χ1n) is 10.1. The van der Waals surface area contributed by atoms with Crippen molar-refractivity contribution in [1.82, 2.24) is 0 Å². The van der Waals surface area contributed by atoms with Gasteiger partial charge < -0.3 is 25.2 Å². The van der Waals surface area contributed by atoms with Gasteiger partial charge >= 0.3 is 14.8 Å². The van der Waals surface area contributed by atoms with Crippen LogP contribution in [0, 0.1) is 0 Å². The van der Waals surface area contributed by atoms with Crippen molar-refractivity contribution in [1.29, 1.82) is 0 Å². The van der Waals surface area contributed by atoms with Crippen molar-refractivity contribution in [3.05, 3.63) is 70.8 Å². The fraction of sp³-hybridized carbons (Fsp3) is 0.455. The zero-order valence-corrected chi connectivity index (χ0v) is 18.1. The molecule has 2 rings (SSSR count). The van der Waals surface area contributed by atoms with E-state index in [-0.39, 0.29) is 25.0 Å². The summed E-state index contributed by atoms with van der Waals surface area (Å²) in [4.78, 5) is 17.7. The molecule has 0 radical (unpaired) electrons. The maximum absolute atomic E-state index is 13.6. The Kier molecular flexibility index (Phi) is 9.88. The lowest BCUT2D eigenvalue weighted by molar-refractivity contribution is -0.138. The summed E-state index contributed by atoms with van der Waals surface area (Å²) in [7, 11) is -2.62. The van der Waals surface area contributed by atoms with E-state index in [0.717, 1.165) is 18.9 Å². The van der Waals surface area contributed by atoms with Gasteiger partial charge in [0, 0.05) is 0 Å². The smallest absolute Gasteiger partial charge is 0.394 e. The molecule has 0 aliphatic carbocycles. The van der Waals surface area contributed by atoms with Crippen LogP contribution in [0.1, 0.15) is 41.5 Å². The van der Waals surface area contributed by atoms with Crippen LogP contribution in [0.4, 0.5) is 13.2 Å². The Hall–Kier alpha value is -1.54. The number of unbranched alkanes of at least 4 members (excludes halogenated alkanes) is 1. The second-order valence-corrected chi connectivity index (χ2v) is 8.49. The third-order valence-electron chi connectivity index (χ3n) is 5.18. The molecule has 5 N–H and O–H groups in total. The highest BCUT2D eigenvalue weighted by atomic mass is 31.2. The summed E-state index contributed by atoms with van der Waals surface area (Å²) in [6.45, 7) is -0.810. The van der Waals surface area contributed by atoms with Crippen LogP contribution >= 0.6 is 8.60 Å². The molecule has 1 atom stereocenters. The predicted molar refractivity (Wildman–Crippen MR) is 114 cm³/mol. The molecule has 1 unspecified atom stereocenters. The molecule has 0 bridgehead atoms. The number of alkyl halides is 3. The van der Waals surface area contributed by atoms with Gasteiger partial charge in [0.05, 0.1) is 24.3 Å². The fourth-order valence-corrected chi connectivity index (χ4v) is 3.70. The normalized spacial score (nSPS) is 14.1. The molecule has 9 heteroatoms. The molecule has 5 nitrogen and oxygen atoms in total. The van der Waals surface area contributed by atoms with Crippen LogP contribution in [0.3, 0.4) is 0 Å². The van der Waals surface area contributed by atoms with E-state index in [0.29, 0.717) is 18.4 Å². The van der Waals surface area contributed by atoms with E-state index in [4.69, 9.17) is 15.5 Å². The van der Waals surface area contributed by atoms with Gasteiger partial charge in [-0.1, -0.05) is 42.5 Å². The Balaban J connectivity index is 2.00. The van der Waals surface area contributed by atoms with E-state index < -0.39 is 32.5 Å². The first kappa shape index (κ1) is 25.7. The van der Waals surface area contributed by atoms with E-state index in [2.05, 4.69) is 4.52 Å². The lowest BCUT2D eigenvalue weighted by Crippen LogP contribution is -2.48. The largest absolute Gasteiger partial charge is 0.416 e. The Labute approximate surface area is 181 Å². The molecule has 172 valence electrons. The molecule has 2 aromatic carbocycles. The van der Waals surface area contributed by atoms with Crippen molar-refractivity contribution in [2.45, 2.75) is 50.2 Å². The van der Waals surface area contributed by atoms with Gasteiger partial charge in [-0.05, 0) is 61.3 Å². The minimum Gasteiger partial charge on any atom is -0.394 e. The molecule has 2 aromatic rings. The number of aryl methyl sites for hydroxylation is 3. The Morgan fingerprint density at radius 2 is 1.58 bits per heavy atom. The zero-order chi connectivity index (χ0) is 22.9. The maximum atomic E-state index is 13.6. The standard InChI is InChI=1S/C22H29F3NO4P/c23-22(24,25)20-14-18(12-13-21(26,15-27)16-30-31(28)29)10-11-19(20)9-5-4-8-17-6-2-1-3-7-17/h1-3,6-7,10-11,14,27-29H,4-5,8-9,12-13,15-16,26H2. The minimum absolute atomic E-state index is 0.125. The molecule has 0 saturated heterocycles. The SMILES string of the molecule is NC(CO)(CCc1ccc(CCCCc2ccccc2)c(C(F)(F)F)c1)COP(O)O. The molecule has 0 aliphatic heterocycles. The van der Waals surface area contributed by atoms with Crippen molar-refractivity contribution < 1.29 is 32.6 Å². The first-order valence-corrected chi connectivity index (χ1v) is 11.2. The number of hydrogen-bond donors (Lipinski definition) is 4. The van der Waals surface area contributed by atoms with Crippen molar-refractivity contribution >= 4 is 8.60 Å². The number of benzene rings is 2. The molecule has 0 fully saturated rings. The van der Waals surface area contributed by atoms with Crippen molar-refractivity contribution in [2.75, 3.05) is 13.2 Å². The average Bonchev–Trinajstić information content (AvgIpc) is 2.74. The highest BCUT2D eigenvalue weighted by Gasteiger charge is 2.33. The summed E-state index contributed by atoms with van der Waals surface area (Å²) in [5, 5.41) is 9.47. The van der Waals surface area contributed by atoms with Crippen LogP contribution in [0.15, 0.2) is 48.5 Å². The molecule has 0 aromatic heterocycles. The number of rotatable bonds is 12. The molecule has 31 heavy (non-hydrogen) atoms. The van der Waals surface area contributed by atoms with Gasteiger partial charge in [0.2, 0.25) is 0 Å². The van der Waals surface area contributed by atoms with E-state index in [1.165, 1.54) is 11.6 Å². The van der Waals surface area contributed by atoms with Crippen molar-refractivity contribution in [3.8, 4) is 0 Å². The monoisotopic (exact) mass is 459 g/mol. The third kappa shape index (κ3) is 8.85. The van der Waals surface area contributed by atoms with E-state index in [1.807, 2.05) is 30.3 Å². The lowest BCUT2D eigenvalue weighted by Gasteiger charge is -2.27. The minimum atomic E-state index is -4.46. The molecule has 0 spiro atoms. The van der Waals surface area contributed by atoms with Crippen LogP contribution in [-0.4, -0.2) is 33.6 Å². The summed E-state index contributed by atoms with van der Waals surface area (Å²) in [5.41, 5.74) is 5.91. The van der Waals surface area contributed by atoms with Crippen LogP contribution in [0.25, 0.3) is 0 Å². The molecule has 0 saturated carbocycles. The molecular formula is C22H29F3NO4P. The van der Waals surface area contributed by atoms with Crippen molar-refractivity contribution in [2.24, 2.45) is 5.73 Å². The van der Waals surface area contributed by atoms with Gasteiger partial charge in [0.15, 0.2) is 0 Å². The van der Waals surface area contributed by atoms with Crippen LogP contribution < -0.4 is 5.73 Å². The average molecular weight is 459 g/mol. The van der Waals surface area contributed by atoms with Crippen LogP contribution in [0.2, 0.25) is 0 Å². The summed E-state index contributed by atoms with van der Waals surface area (Å²) >= 11 is 0. The van der Waals surface area contributed by atoms with Gasteiger partial charge in [0.1, 0.15) is 0 Å². The topological polar surface area (TPSA) is 95.9 Å². The van der Waals surface area contributed by atoms with E-state index in [1.54, 1.807) is 6.07 Å². The fourth-order valence-electron chi connectivity index (χ4n) is 3.33. The number of aliphatic hydroxyl groups excluding tert-OH is 1. The Morgan fingerprint density at radius 1 is 0.903 bits per heavy atom. The van der Waals surface area contributed by atoms with Crippen molar-refractivity contribution in [3.63, 3.8) is 0 Å². The summed E-state index contributed by atoms with van der Waals surface area (Å²) in [6.07, 6.45) is -1.54. The molecule has 0 amide bonds. The van der Waals surface area contributed by atoms with Gasteiger partial charge in [-0.25, -0.2) is 0 Å². The highest BCUT2D eigenvalue weighted by Crippen LogP contribution is 2.34. The summed E-state index contributed by atoms with van der Waals surface area (Å²) < 4.78 is 45.5. The number of nitrogens with two attached hydrogens (primary N) is 1. The third-order valence-corrected chi connectivity index (χ3v) is 5.54. The Morgan fingerprint density at radius 3 is 2.19 bits per heavy atom.